The van der Waals surface area contributed by atoms with Crippen LogP contribution in [0.3, 0.4) is 0 Å². The topological polar surface area (TPSA) is 71.1 Å². The monoisotopic (exact) mass is 462 g/mol. The molecule has 0 heterocycles. The van der Waals surface area contributed by atoms with Crippen LogP contribution in [0.5, 0.6) is 0 Å². The fourth-order valence-electron chi connectivity index (χ4n) is 4.78. The second-order valence-corrected chi connectivity index (χ2v) is 16.0. The fraction of sp³-hybridized carbons (Fsp3) is 0.680. The van der Waals surface area contributed by atoms with Gasteiger partial charge >= 0.3 is 5.97 Å². The molecule has 2 saturated carbocycles. The summed E-state index contributed by atoms with van der Waals surface area (Å²) >= 11 is 0. The van der Waals surface area contributed by atoms with Gasteiger partial charge in [0.25, 0.3) is 0 Å². The quantitative estimate of drug-likeness (QED) is 0.166. The maximum absolute atomic E-state index is 12.7. The van der Waals surface area contributed by atoms with Gasteiger partial charge < -0.3 is 18.9 Å². The van der Waals surface area contributed by atoms with Crippen LogP contribution in [0.15, 0.2) is 30.3 Å². The van der Waals surface area contributed by atoms with Crippen LogP contribution in [-0.2, 0) is 35.1 Å². The Morgan fingerprint density at radius 3 is 2.62 bits per heavy atom. The summed E-state index contributed by atoms with van der Waals surface area (Å²) in [5.74, 6) is -1.24. The molecule has 6 nitrogen and oxygen atoms in total. The second-order valence-electron chi connectivity index (χ2n) is 10.4. The van der Waals surface area contributed by atoms with E-state index in [0.29, 0.717) is 26.1 Å². The molecule has 0 radical (unpaired) electrons. The minimum atomic E-state index is -1.17. The van der Waals surface area contributed by atoms with Gasteiger partial charge in [-0.25, -0.2) is 0 Å². The maximum atomic E-state index is 12.7. The average molecular weight is 463 g/mol. The van der Waals surface area contributed by atoms with E-state index in [4.69, 9.17) is 18.9 Å². The second kappa shape index (κ2) is 11.1. The van der Waals surface area contributed by atoms with Crippen molar-refractivity contribution in [2.24, 2.45) is 11.8 Å². The van der Waals surface area contributed by atoms with Gasteiger partial charge in [-0.1, -0.05) is 50.0 Å². The molecular formula is C25H38O6Si. The van der Waals surface area contributed by atoms with Gasteiger partial charge in [-0.3, -0.25) is 9.59 Å². The van der Waals surface area contributed by atoms with E-state index in [9.17, 15) is 9.59 Å². The standard InChI is InChI=1S/C25H38O6Si/c1-28-24(27)22-16-25(31-18-29-12-13-32(2,3)4)11-10-21(14-20(25)15-23(22)26)30-17-19-8-6-5-7-9-19/h5-9,20-22H,10-18H2,1-4H3/t20-,21-,22+,25+/m0/s1. The number of fused-ring (bicyclic) bond motifs is 1. The van der Waals surface area contributed by atoms with Crippen molar-refractivity contribution >= 4 is 19.8 Å². The Morgan fingerprint density at radius 2 is 1.94 bits per heavy atom. The summed E-state index contributed by atoms with van der Waals surface area (Å²) in [6.45, 7) is 8.38. The van der Waals surface area contributed by atoms with Gasteiger partial charge in [0.1, 0.15) is 18.5 Å². The molecule has 7 heteroatoms. The highest BCUT2D eigenvalue weighted by Crippen LogP contribution is 2.48. The smallest absolute Gasteiger partial charge is 0.316 e. The molecule has 1 aromatic carbocycles. The van der Waals surface area contributed by atoms with Gasteiger partial charge in [-0.2, -0.15) is 0 Å². The highest BCUT2D eigenvalue weighted by atomic mass is 28.3. The summed E-state index contributed by atoms with van der Waals surface area (Å²) in [7, 11) is 0.164. The van der Waals surface area contributed by atoms with Crippen LogP contribution in [0, 0.1) is 11.8 Å². The first-order chi connectivity index (χ1) is 15.2. The number of esters is 1. The molecule has 0 saturated heterocycles. The van der Waals surface area contributed by atoms with Gasteiger partial charge in [0.05, 0.1) is 25.4 Å². The minimum absolute atomic E-state index is 0.0195. The van der Waals surface area contributed by atoms with E-state index in [2.05, 4.69) is 31.8 Å². The predicted octanol–water partition coefficient (Wildman–Crippen LogP) is 4.59. The number of rotatable bonds is 10. The number of benzene rings is 1. The largest absolute Gasteiger partial charge is 0.468 e. The van der Waals surface area contributed by atoms with E-state index >= 15 is 0 Å². The zero-order valence-corrected chi connectivity index (χ0v) is 20.9. The van der Waals surface area contributed by atoms with E-state index in [0.717, 1.165) is 30.9 Å². The Morgan fingerprint density at radius 1 is 1.19 bits per heavy atom. The zero-order chi connectivity index (χ0) is 23.2. The molecule has 4 atom stereocenters. The lowest BCUT2D eigenvalue weighted by molar-refractivity contribution is -0.211. The lowest BCUT2D eigenvalue weighted by Crippen LogP contribution is -2.55. The number of Topliss-reactive ketones (excluding diaryl/α,β-unsaturated/α-hetero) is 1. The van der Waals surface area contributed by atoms with Crippen LogP contribution in [0.2, 0.25) is 25.7 Å². The Balaban J connectivity index is 1.63. The lowest BCUT2D eigenvalue weighted by Gasteiger charge is -2.49. The normalized spacial score (nSPS) is 28.2. The molecular weight excluding hydrogens is 424 g/mol. The summed E-state index contributed by atoms with van der Waals surface area (Å²) in [4.78, 5) is 25.0. The predicted molar refractivity (Wildman–Crippen MR) is 125 cm³/mol. The number of carbonyl (C=O) groups is 2. The van der Waals surface area contributed by atoms with E-state index < -0.39 is 25.6 Å². The number of methoxy groups -OCH3 is 1. The zero-order valence-electron chi connectivity index (χ0n) is 19.9. The Kier molecular flexibility index (Phi) is 8.66. The number of ether oxygens (including phenoxy) is 4. The number of carbonyl (C=O) groups excluding carboxylic acids is 2. The Bertz CT molecular complexity index is 761. The molecule has 178 valence electrons. The van der Waals surface area contributed by atoms with E-state index in [1.807, 2.05) is 18.2 Å². The molecule has 3 rings (SSSR count). The molecule has 0 unspecified atom stereocenters. The van der Waals surface area contributed by atoms with Crippen LogP contribution >= 0.6 is 0 Å². The van der Waals surface area contributed by atoms with Gasteiger partial charge in [0.2, 0.25) is 0 Å². The van der Waals surface area contributed by atoms with Crippen LogP contribution in [0.25, 0.3) is 0 Å². The van der Waals surface area contributed by atoms with E-state index in [1.54, 1.807) is 0 Å². The van der Waals surface area contributed by atoms with Crippen molar-refractivity contribution in [2.45, 2.75) is 76.1 Å². The van der Waals surface area contributed by atoms with Gasteiger partial charge in [0, 0.05) is 21.1 Å². The van der Waals surface area contributed by atoms with Crippen molar-refractivity contribution < 1.29 is 28.5 Å². The SMILES string of the molecule is COC(=O)[C@@H]1C[C@]2(OCOCC[Si](C)(C)C)CC[C@H](OCc3ccccc3)C[C@H]2CC1=O. The molecule has 0 spiro atoms. The summed E-state index contributed by atoms with van der Waals surface area (Å²) in [5.41, 5.74) is 0.597. The van der Waals surface area contributed by atoms with Crippen molar-refractivity contribution in [2.75, 3.05) is 20.5 Å². The molecule has 2 aliphatic rings. The molecule has 2 fully saturated rings. The highest BCUT2D eigenvalue weighted by Gasteiger charge is 2.53. The first-order valence-electron chi connectivity index (χ1n) is 11.7. The molecule has 0 amide bonds. The number of hydrogen-bond donors (Lipinski definition) is 0. The molecule has 32 heavy (non-hydrogen) atoms. The number of ketones is 1. The lowest BCUT2D eigenvalue weighted by atomic mass is 9.63. The van der Waals surface area contributed by atoms with Crippen LogP contribution in [0.1, 0.15) is 37.7 Å². The summed E-state index contributed by atoms with van der Waals surface area (Å²) < 4.78 is 23.3. The highest BCUT2D eigenvalue weighted by molar-refractivity contribution is 6.76. The summed E-state index contributed by atoms with van der Waals surface area (Å²) in [6.07, 6.45) is 3.09. The third kappa shape index (κ3) is 6.73. The van der Waals surface area contributed by atoms with Crippen LogP contribution in [0.4, 0.5) is 0 Å². The van der Waals surface area contributed by atoms with Crippen molar-refractivity contribution in [3.8, 4) is 0 Å². The van der Waals surface area contributed by atoms with Crippen molar-refractivity contribution in [3.05, 3.63) is 35.9 Å². The summed E-state index contributed by atoms with van der Waals surface area (Å²) in [5, 5.41) is 0. The maximum Gasteiger partial charge on any atom is 0.316 e. The Hall–Kier alpha value is -1.54. The fourth-order valence-corrected chi connectivity index (χ4v) is 5.54. The minimum Gasteiger partial charge on any atom is -0.468 e. The first-order valence-corrected chi connectivity index (χ1v) is 15.4. The molecule has 1 aromatic rings. The van der Waals surface area contributed by atoms with Crippen molar-refractivity contribution in [1.29, 1.82) is 0 Å². The summed E-state index contributed by atoms with van der Waals surface area (Å²) in [6, 6.07) is 11.2. The van der Waals surface area contributed by atoms with Gasteiger partial charge in [-0.15, -0.1) is 0 Å². The molecule has 0 aromatic heterocycles. The molecule has 0 aliphatic heterocycles. The average Bonchev–Trinajstić information content (AvgIpc) is 2.76. The molecule has 2 aliphatic carbocycles. The first kappa shape index (κ1) is 25.1. The number of hydrogen-bond acceptors (Lipinski definition) is 6. The Labute approximate surface area is 193 Å². The van der Waals surface area contributed by atoms with Crippen LogP contribution in [-0.4, -0.2) is 52.0 Å². The molecule has 0 N–H and O–H groups in total. The van der Waals surface area contributed by atoms with Gasteiger partial charge in [-0.05, 0) is 43.2 Å². The third-order valence-electron chi connectivity index (χ3n) is 6.81. The van der Waals surface area contributed by atoms with Gasteiger partial charge in [0.15, 0.2) is 0 Å². The van der Waals surface area contributed by atoms with E-state index in [1.165, 1.54) is 7.11 Å². The van der Waals surface area contributed by atoms with Crippen molar-refractivity contribution in [1.82, 2.24) is 0 Å². The van der Waals surface area contributed by atoms with E-state index in [-0.39, 0.29) is 24.6 Å². The van der Waals surface area contributed by atoms with Crippen LogP contribution < -0.4 is 0 Å². The molecule has 0 bridgehead atoms. The van der Waals surface area contributed by atoms with Crippen molar-refractivity contribution in [3.63, 3.8) is 0 Å². The third-order valence-corrected chi connectivity index (χ3v) is 8.51.